The van der Waals surface area contributed by atoms with Gasteiger partial charge >= 0.3 is 0 Å². The molecule has 196 valence electrons. The van der Waals surface area contributed by atoms with Gasteiger partial charge in [0.1, 0.15) is 28.7 Å². The molecule has 2 N–H and O–H groups in total. The van der Waals surface area contributed by atoms with E-state index in [9.17, 15) is 14.4 Å². The van der Waals surface area contributed by atoms with Gasteiger partial charge in [-0.05, 0) is 12.1 Å². The number of carbonyl (C=O) groups is 2. The first-order chi connectivity index (χ1) is 19.0. The number of rotatable bonds is 7. The zero-order chi connectivity index (χ0) is 26.9. The Balaban J connectivity index is 1.21. The van der Waals surface area contributed by atoms with E-state index < -0.39 is 23.6 Å². The molecular weight excluding hydrogens is 538 g/mol. The number of benzene rings is 1. The number of thiophene rings is 1. The molecule has 1 aromatic carbocycles. The standard InChI is InChI=1S/C26H21N7O4S2/c1-37-19-10-18(22(34)29-12-16-9-15-11-27-8-7-20(15)38-16)33-21(19)28-13-17(26(33)36)30-23(35)25-32-31-24(39-25)14-5-3-2-4-6-14/h2-9,11,13,18-19H,10,12H2,1H3,(H,29,34)(H,30,35)/t18-,19+/m0/s1. The highest BCUT2D eigenvalue weighted by molar-refractivity contribution is 7.19. The minimum absolute atomic E-state index is 0.0632. The third kappa shape index (κ3) is 4.82. The van der Waals surface area contributed by atoms with Crippen molar-refractivity contribution in [1.29, 1.82) is 0 Å². The highest BCUT2D eigenvalue weighted by Crippen LogP contribution is 2.34. The molecule has 0 fully saturated rings. The van der Waals surface area contributed by atoms with Gasteiger partial charge in [-0.25, -0.2) is 4.98 Å². The molecule has 2 amide bonds. The van der Waals surface area contributed by atoms with E-state index in [1.54, 1.807) is 23.7 Å². The second kappa shape index (κ2) is 10.4. The molecule has 5 heterocycles. The fourth-order valence-electron chi connectivity index (χ4n) is 4.45. The van der Waals surface area contributed by atoms with E-state index >= 15 is 0 Å². The van der Waals surface area contributed by atoms with Gasteiger partial charge in [-0.15, -0.1) is 21.5 Å². The van der Waals surface area contributed by atoms with Gasteiger partial charge in [-0.2, -0.15) is 0 Å². The Morgan fingerprint density at radius 2 is 1.97 bits per heavy atom. The molecular formula is C26H21N7O4S2. The first kappa shape index (κ1) is 25.0. The lowest BCUT2D eigenvalue weighted by Gasteiger charge is -2.14. The Hall–Kier alpha value is -4.33. The summed E-state index contributed by atoms with van der Waals surface area (Å²) in [5, 5.41) is 15.2. The predicted octanol–water partition coefficient (Wildman–Crippen LogP) is 3.57. The molecule has 6 rings (SSSR count). The summed E-state index contributed by atoms with van der Waals surface area (Å²) < 4.78 is 7.87. The van der Waals surface area contributed by atoms with Gasteiger partial charge in [0.15, 0.2) is 0 Å². The number of pyridine rings is 1. The number of nitrogens with zero attached hydrogens (tertiary/aromatic N) is 5. The number of amides is 2. The van der Waals surface area contributed by atoms with E-state index in [2.05, 4.69) is 30.8 Å². The molecule has 0 radical (unpaired) electrons. The zero-order valence-corrected chi connectivity index (χ0v) is 22.2. The van der Waals surface area contributed by atoms with Crippen LogP contribution in [0.3, 0.4) is 0 Å². The number of hydrogen-bond acceptors (Lipinski definition) is 10. The lowest BCUT2D eigenvalue weighted by atomic mass is 10.1. The second-order valence-corrected chi connectivity index (χ2v) is 10.9. The Bertz CT molecular complexity index is 1720. The summed E-state index contributed by atoms with van der Waals surface area (Å²) in [6.45, 7) is 0.307. The molecule has 1 aliphatic heterocycles. The largest absolute Gasteiger partial charge is 0.373 e. The molecule has 0 spiro atoms. The Morgan fingerprint density at radius 3 is 2.77 bits per heavy atom. The van der Waals surface area contributed by atoms with Crippen LogP contribution in [0.4, 0.5) is 5.69 Å². The quantitative estimate of drug-likeness (QED) is 0.308. The van der Waals surface area contributed by atoms with Crippen molar-refractivity contribution in [1.82, 2.24) is 30.0 Å². The van der Waals surface area contributed by atoms with Crippen molar-refractivity contribution < 1.29 is 14.3 Å². The van der Waals surface area contributed by atoms with Crippen molar-refractivity contribution in [3.63, 3.8) is 0 Å². The summed E-state index contributed by atoms with van der Waals surface area (Å²) in [5.74, 6) is -0.595. The van der Waals surface area contributed by atoms with Crippen LogP contribution in [-0.2, 0) is 16.1 Å². The van der Waals surface area contributed by atoms with Crippen LogP contribution in [0.1, 0.15) is 39.1 Å². The fourth-order valence-corrected chi connectivity index (χ4v) is 6.17. The maximum atomic E-state index is 13.5. The Kier molecular flexibility index (Phi) is 6.69. The molecule has 4 aromatic heterocycles. The van der Waals surface area contributed by atoms with Crippen LogP contribution in [0.25, 0.3) is 20.7 Å². The summed E-state index contributed by atoms with van der Waals surface area (Å²) in [6.07, 6.45) is 4.49. The van der Waals surface area contributed by atoms with E-state index in [4.69, 9.17) is 4.74 Å². The van der Waals surface area contributed by atoms with Crippen LogP contribution in [0.2, 0.25) is 0 Å². The summed E-state index contributed by atoms with van der Waals surface area (Å²) in [6, 6.07) is 12.4. The van der Waals surface area contributed by atoms with Crippen molar-refractivity contribution in [3.8, 4) is 10.6 Å². The normalized spacial score (nSPS) is 16.2. The number of methoxy groups -OCH3 is 1. The molecule has 11 nitrogen and oxygen atoms in total. The van der Waals surface area contributed by atoms with Crippen molar-refractivity contribution in [2.45, 2.75) is 25.1 Å². The van der Waals surface area contributed by atoms with E-state index in [-0.39, 0.29) is 23.0 Å². The minimum atomic E-state index is -0.843. The maximum absolute atomic E-state index is 13.5. The number of ether oxygens (including phenoxy) is 1. The first-order valence-corrected chi connectivity index (χ1v) is 13.6. The van der Waals surface area contributed by atoms with Gasteiger partial charge in [0.2, 0.25) is 10.9 Å². The molecule has 0 aliphatic carbocycles. The zero-order valence-electron chi connectivity index (χ0n) is 20.5. The predicted molar refractivity (Wildman–Crippen MR) is 147 cm³/mol. The van der Waals surface area contributed by atoms with Crippen LogP contribution in [0.15, 0.2) is 65.8 Å². The van der Waals surface area contributed by atoms with Crippen LogP contribution in [0, 0.1) is 0 Å². The van der Waals surface area contributed by atoms with E-state index in [1.165, 1.54) is 17.9 Å². The molecule has 1 aliphatic rings. The van der Waals surface area contributed by atoms with Crippen LogP contribution < -0.4 is 16.2 Å². The fraction of sp³-hybridized carbons (Fsp3) is 0.192. The molecule has 39 heavy (non-hydrogen) atoms. The first-order valence-electron chi connectivity index (χ1n) is 12.0. The monoisotopic (exact) mass is 559 g/mol. The molecule has 13 heteroatoms. The average Bonchev–Trinajstić information content (AvgIpc) is 3.70. The SMILES string of the molecule is CO[C@@H]1C[C@@H](C(=O)NCc2cc3cnccc3s2)n2c1ncc(NC(=O)c1nnc(-c3ccccc3)s1)c2=O. The van der Waals surface area contributed by atoms with E-state index in [0.717, 1.165) is 31.9 Å². The van der Waals surface area contributed by atoms with Gasteiger partial charge in [-0.1, -0.05) is 41.7 Å². The Morgan fingerprint density at radius 1 is 1.13 bits per heavy atom. The minimum Gasteiger partial charge on any atom is -0.373 e. The topological polar surface area (TPSA) is 141 Å². The van der Waals surface area contributed by atoms with Crippen molar-refractivity contribution in [2.24, 2.45) is 0 Å². The number of fused-ring (bicyclic) bond motifs is 2. The molecule has 0 unspecified atom stereocenters. The average molecular weight is 560 g/mol. The lowest BCUT2D eigenvalue weighted by molar-refractivity contribution is -0.124. The van der Waals surface area contributed by atoms with Gasteiger partial charge in [0.25, 0.3) is 11.5 Å². The van der Waals surface area contributed by atoms with Crippen LogP contribution >= 0.6 is 22.7 Å². The van der Waals surface area contributed by atoms with Crippen LogP contribution in [-0.4, -0.2) is 43.7 Å². The molecule has 0 saturated heterocycles. The third-order valence-electron chi connectivity index (χ3n) is 6.34. The van der Waals surface area contributed by atoms with Gasteiger partial charge in [0.05, 0.1) is 12.7 Å². The highest BCUT2D eigenvalue weighted by Gasteiger charge is 2.38. The van der Waals surface area contributed by atoms with Crippen molar-refractivity contribution in [3.05, 3.63) is 87.1 Å². The summed E-state index contributed by atoms with van der Waals surface area (Å²) in [7, 11) is 1.50. The summed E-state index contributed by atoms with van der Waals surface area (Å²) >= 11 is 2.67. The van der Waals surface area contributed by atoms with Gasteiger partial charge < -0.3 is 15.4 Å². The molecule has 5 aromatic rings. The maximum Gasteiger partial charge on any atom is 0.286 e. The summed E-state index contributed by atoms with van der Waals surface area (Å²) in [5.41, 5.74) is 0.223. The van der Waals surface area contributed by atoms with Crippen LogP contribution in [0.5, 0.6) is 0 Å². The van der Waals surface area contributed by atoms with Gasteiger partial charge in [-0.3, -0.25) is 23.9 Å². The van der Waals surface area contributed by atoms with E-state index in [0.29, 0.717) is 17.4 Å². The van der Waals surface area contributed by atoms with E-state index in [1.807, 2.05) is 42.5 Å². The molecule has 2 atom stereocenters. The number of anilines is 1. The number of carbonyl (C=O) groups excluding carboxylic acids is 2. The highest BCUT2D eigenvalue weighted by atomic mass is 32.1. The smallest absolute Gasteiger partial charge is 0.286 e. The lowest BCUT2D eigenvalue weighted by Crippen LogP contribution is -2.36. The van der Waals surface area contributed by atoms with Crippen molar-refractivity contribution >= 4 is 50.3 Å². The third-order valence-corrected chi connectivity index (χ3v) is 8.43. The molecule has 0 bridgehead atoms. The number of hydrogen-bond donors (Lipinski definition) is 2. The van der Waals surface area contributed by atoms with Crippen molar-refractivity contribution in [2.75, 3.05) is 12.4 Å². The molecule has 0 saturated carbocycles. The number of nitrogens with one attached hydrogen (secondary N) is 2. The second-order valence-electron chi connectivity index (χ2n) is 8.76. The summed E-state index contributed by atoms with van der Waals surface area (Å²) in [4.78, 5) is 49.0. The number of aromatic nitrogens is 5. The van der Waals surface area contributed by atoms with Gasteiger partial charge in [0, 0.05) is 46.5 Å². The Labute approximate surface area is 229 Å².